The number of hydrogen-bond donors (Lipinski definition) is 2. The van der Waals surface area contributed by atoms with E-state index in [9.17, 15) is 4.79 Å². The summed E-state index contributed by atoms with van der Waals surface area (Å²) in [7, 11) is 0. The fourth-order valence-electron chi connectivity index (χ4n) is 1.92. The molecule has 21 heavy (non-hydrogen) atoms. The number of H-pyrrole nitrogens is 1. The first-order valence-electron chi connectivity index (χ1n) is 7.14. The third-order valence-corrected chi connectivity index (χ3v) is 2.88. The summed E-state index contributed by atoms with van der Waals surface area (Å²) in [5.41, 5.74) is 0.971. The molecular weight excluding hydrogens is 268 g/mol. The lowest BCUT2D eigenvalue weighted by Crippen LogP contribution is -2.24. The summed E-state index contributed by atoms with van der Waals surface area (Å²) in [5.74, 6) is 1.43. The summed E-state index contributed by atoms with van der Waals surface area (Å²) in [5, 5.41) is 9.49. The first-order chi connectivity index (χ1) is 10.2. The Bertz CT molecular complexity index is 595. The van der Waals surface area contributed by atoms with Crippen LogP contribution in [0.2, 0.25) is 0 Å². The predicted octanol–water partition coefficient (Wildman–Crippen LogP) is 2.09. The van der Waals surface area contributed by atoms with Crippen molar-refractivity contribution in [1.29, 1.82) is 0 Å². The molecule has 0 atom stereocenters. The van der Waals surface area contributed by atoms with Crippen LogP contribution in [-0.4, -0.2) is 27.7 Å². The monoisotopic (exact) mass is 288 g/mol. The number of amides is 1. The Hall–Kier alpha value is -2.37. The highest BCUT2D eigenvalue weighted by Gasteiger charge is 2.11. The Morgan fingerprint density at radius 1 is 1.38 bits per heavy atom. The molecule has 0 aliphatic rings. The fraction of sp³-hybridized carbons (Fsp3) is 0.400. The summed E-state index contributed by atoms with van der Waals surface area (Å²) in [6.07, 6.45) is 1.75. The number of rotatable bonds is 7. The van der Waals surface area contributed by atoms with E-state index < -0.39 is 0 Å². The number of nitrogens with zero attached hydrogens (tertiary/aromatic N) is 2. The second-order valence-electron chi connectivity index (χ2n) is 4.62. The van der Waals surface area contributed by atoms with Crippen molar-refractivity contribution < 1.29 is 9.53 Å². The van der Waals surface area contributed by atoms with Gasteiger partial charge in [0.05, 0.1) is 6.61 Å². The molecule has 0 bridgehead atoms. The van der Waals surface area contributed by atoms with Crippen LogP contribution < -0.4 is 10.1 Å². The number of ether oxygens (including phenoxy) is 1. The molecule has 0 spiro atoms. The normalized spacial score (nSPS) is 10.4. The molecule has 1 amide bonds. The van der Waals surface area contributed by atoms with Crippen molar-refractivity contribution >= 4 is 5.91 Å². The maximum absolute atomic E-state index is 12.0. The molecule has 0 saturated carbocycles. The molecular formula is C15H20N4O2. The van der Waals surface area contributed by atoms with Gasteiger partial charge in [-0.25, -0.2) is 4.98 Å². The molecule has 0 unspecified atom stereocenters. The van der Waals surface area contributed by atoms with Gasteiger partial charge in [0.25, 0.3) is 5.91 Å². The first-order valence-corrected chi connectivity index (χ1v) is 7.14. The second kappa shape index (κ2) is 7.42. The Morgan fingerprint density at radius 3 is 3.00 bits per heavy atom. The van der Waals surface area contributed by atoms with Crippen molar-refractivity contribution in [3.63, 3.8) is 0 Å². The van der Waals surface area contributed by atoms with Gasteiger partial charge in [-0.1, -0.05) is 19.1 Å². The lowest BCUT2D eigenvalue weighted by Gasteiger charge is -2.06. The van der Waals surface area contributed by atoms with Gasteiger partial charge in [-0.2, -0.15) is 0 Å². The summed E-state index contributed by atoms with van der Waals surface area (Å²) in [6.45, 7) is 5.02. The molecule has 0 aliphatic carbocycles. The van der Waals surface area contributed by atoms with Gasteiger partial charge < -0.3 is 10.1 Å². The van der Waals surface area contributed by atoms with Gasteiger partial charge >= 0.3 is 0 Å². The fourth-order valence-corrected chi connectivity index (χ4v) is 1.92. The number of aromatic amines is 1. The van der Waals surface area contributed by atoms with E-state index in [1.807, 2.05) is 38.1 Å². The third kappa shape index (κ3) is 4.30. The number of benzene rings is 1. The second-order valence-corrected chi connectivity index (χ2v) is 4.62. The van der Waals surface area contributed by atoms with E-state index >= 15 is 0 Å². The minimum Gasteiger partial charge on any atom is -0.494 e. The largest absolute Gasteiger partial charge is 0.494 e. The summed E-state index contributed by atoms with van der Waals surface area (Å²) in [4.78, 5) is 16.1. The van der Waals surface area contributed by atoms with Crippen LogP contribution >= 0.6 is 0 Å². The molecule has 1 aromatic carbocycles. The molecule has 1 aromatic heterocycles. The average molecular weight is 288 g/mol. The summed E-state index contributed by atoms with van der Waals surface area (Å²) >= 11 is 0. The molecule has 0 saturated heterocycles. The summed E-state index contributed by atoms with van der Waals surface area (Å²) < 4.78 is 5.43. The van der Waals surface area contributed by atoms with Gasteiger partial charge in [0.1, 0.15) is 11.6 Å². The van der Waals surface area contributed by atoms with Gasteiger partial charge in [-0.05, 0) is 31.0 Å². The van der Waals surface area contributed by atoms with Crippen LogP contribution in [-0.2, 0) is 13.0 Å². The van der Waals surface area contributed by atoms with Gasteiger partial charge in [0.15, 0.2) is 0 Å². The molecule has 6 nitrogen and oxygen atoms in total. The molecule has 0 radical (unpaired) electrons. The lowest BCUT2D eigenvalue weighted by atomic mass is 10.2. The maximum Gasteiger partial charge on any atom is 0.291 e. The van der Waals surface area contributed by atoms with Crippen molar-refractivity contribution in [2.24, 2.45) is 0 Å². The van der Waals surface area contributed by atoms with Gasteiger partial charge in [0, 0.05) is 13.0 Å². The molecule has 2 rings (SSSR count). The number of carbonyl (C=O) groups excluding carboxylic acids is 1. The standard InChI is InChI=1S/C15H20N4O2/c1-3-6-13-17-14(19-18-13)15(20)16-10-11-7-5-8-12(9-11)21-4-2/h5,7-9H,3-4,6,10H2,1-2H3,(H,16,20)(H,17,18,19). The number of aromatic nitrogens is 3. The van der Waals surface area contributed by atoms with Crippen LogP contribution in [0.3, 0.4) is 0 Å². The lowest BCUT2D eigenvalue weighted by molar-refractivity contribution is 0.0940. The van der Waals surface area contributed by atoms with Gasteiger partial charge in [-0.15, -0.1) is 5.10 Å². The van der Waals surface area contributed by atoms with Crippen LogP contribution in [0.25, 0.3) is 0 Å². The zero-order valence-corrected chi connectivity index (χ0v) is 12.3. The molecule has 2 N–H and O–H groups in total. The van der Waals surface area contributed by atoms with E-state index in [-0.39, 0.29) is 11.7 Å². The number of hydrogen-bond acceptors (Lipinski definition) is 4. The van der Waals surface area contributed by atoms with E-state index in [1.165, 1.54) is 0 Å². The van der Waals surface area contributed by atoms with Crippen molar-refractivity contribution in [2.75, 3.05) is 6.61 Å². The molecule has 6 heteroatoms. The van der Waals surface area contributed by atoms with Crippen LogP contribution in [0.5, 0.6) is 5.75 Å². The van der Waals surface area contributed by atoms with Crippen LogP contribution in [0, 0.1) is 0 Å². The Morgan fingerprint density at radius 2 is 2.24 bits per heavy atom. The highest BCUT2D eigenvalue weighted by atomic mass is 16.5. The van der Waals surface area contributed by atoms with Crippen molar-refractivity contribution in [2.45, 2.75) is 33.2 Å². The first kappa shape index (κ1) is 15.0. The summed E-state index contributed by atoms with van der Waals surface area (Å²) in [6, 6.07) is 7.63. The van der Waals surface area contributed by atoms with Crippen molar-refractivity contribution in [1.82, 2.24) is 20.5 Å². The SMILES string of the molecule is CCCc1nc(C(=O)NCc2cccc(OCC)c2)n[nH]1. The van der Waals surface area contributed by atoms with E-state index in [1.54, 1.807) is 0 Å². The molecule has 112 valence electrons. The molecule has 0 fully saturated rings. The number of aryl methyl sites for hydroxylation is 1. The van der Waals surface area contributed by atoms with Gasteiger partial charge in [0.2, 0.25) is 5.82 Å². The Balaban J connectivity index is 1.92. The van der Waals surface area contributed by atoms with E-state index in [0.717, 1.165) is 30.0 Å². The Kier molecular flexibility index (Phi) is 5.31. The zero-order chi connectivity index (χ0) is 15.1. The van der Waals surface area contributed by atoms with Crippen LogP contribution in [0.15, 0.2) is 24.3 Å². The molecule has 1 heterocycles. The quantitative estimate of drug-likeness (QED) is 0.817. The minimum absolute atomic E-state index is 0.180. The average Bonchev–Trinajstić information content (AvgIpc) is 2.95. The van der Waals surface area contributed by atoms with Crippen molar-refractivity contribution in [3.8, 4) is 5.75 Å². The van der Waals surface area contributed by atoms with Crippen LogP contribution in [0.4, 0.5) is 0 Å². The maximum atomic E-state index is 12.0. The minimum atomic E-state index is -0.282. The van der Waals surface area contributed by atoms with E-state index in [2.05, 4.69) is 20.5 Å². The smallest absolute Gasteiger partial charge is 0.291 e. The Labute approximate surface area is 123 Å². The van der Waals surface area contributed by atoms with Gasteiger partial charge in [-0.3, -0.25) is 9.89 Å². The molecule has 2 aromatic rings. The number of nitrogens with one attached hydrogen (secondary N) is 2. The predicted molar refractivity (Wildman–Crippen MR) is 79.2 cm³/mol. The number of carbonyl (C=O) groups is 1. The third-order valence-electron chi connectivity index (χ3n) is 2.88. The molecule has 0 aliphatic heterocycles. The highest BCUT2D eigenvalue weighted by Crippen LogP contribution is 2.13. The van der Waals surface area contributed by atoms with E-state index in [0.29, 0.717) is 13.2 Å². The highest BCUT2D eigenvalue weighted by molar-refractivity contribution is 5.90. The van der Waals surface area contributed by atoms with Crippen molar-refractivity contribution in [3.05, 3.63) is 41.5 Å². The van der Waals surface area contributed by atoms with E-state index in [4.69, 9.17) is 4.74 Å². The zero-order valence-electron chi connectivity index (χ0n) is 12.3. The van der Waals surface area contributed by atoms with Crippen LogP contribution in [0.1, 0.15) is 42.3 Å². The topological polar surface area (TPSA) is 79.9 Å².